The maximum absolute atomic E-state index is 11.8. The number of carbonyl (C=O) groups is 2. The van der Waals surface area contributed by atoms with Crippen LogP contribution in [0.4, 0.5) is 10.5 Å². The van der Waals surface area contributed by atoms with Crippen LogP contribution in [-0.4, -0.2) is 23.1 Å². The first-order valence-corrected chi connectivity index (χ1v) is 6.50. The molecule has 3 N–H and O–H groups in total. The Labute approximate surface area is 112 Å². The van der Waals surface area contributed by atoms with Gasteiger partial charge in [-0.2, -0.15) is 0 Å². The first-order valence-electron chi connectivity index (χ1n) is 6.50. The largest absolute Gasteiger partial charge is 0.481 e. The normalized spacial score (nSPS) is 22.5. The van der Waals surface area contributed by atoms with Gasteiger partial charge in [0.05, 0.1) is 5.92 Å². The Balaban J connectivity index is 1.83. The molecule has 1 aromatic rings. The number of nitrogens with one attached hydrogen (secondary N) is 2. The molecule has 19 heavy (non-hydrogen) atoms. The van der Waals surface area contributed by atoms with Gasteiger partial charge in [0.1, 0.15) is 0 Å². The Bertz CT molecular complexity index is 447. The second kappa shape index (κ2) is 6.22. The second-order valence-corrected chi connectivity index (χ2v) is 4.86. The lowest BCUT2D eigenvalue weighted by Crippen LogP contribution is -2.42. The summed E-state index contributed by atoms with van der Waals surface area (Å²) < 4.78 is 0. The molecule has 5 heteroatoms. The number of aliphatic carboxylic acids is 1. The number of carboxylic acid groups (broad SMARTS) is 1. The molecule has 1 fully saturated rings. The lowest BCUT2D eigenvalue weighted by Gasteiger charge is -2.27. The summed E-state index contributed by atoms with van der Waals surface area (Å²) in [7, 11) is 0. The maximum atomic E-state index is 11.8. The van der Waals surface area contributed by atoms with Crippen molar-refractivity contribution in [2.24, 2.45) is 5.92 Å². The van der Waals surface area contributed by atoms with Crippen molar-refractivity contribution in [2.75, 3.05) is 5.32 Å². The van der Waals surface area contributed by atoms with Gasteiger partial charge in [-0.3, -0.25) is 4.79 Å². The Morgan fingerprint density at radius 2 is 1.89 bits per heavy atom. The Morgan fingerprint density at radius 1 is 1.16 bits per heavy atom. The molecule has 0 bridgehead atoms. The molecule has 2 atom stereocenters. The van der Waals surface area contributed by atoms with Gasteiger partial charge in [0.2, 0.25) is 0 Å². The minimum atomic E-state index is -0.769. The Kier molecular flexibility index (Phi) is 4.39. The van der Waals surface area contributed by atoms with Crippen LogP contribution in [0.15, 0.2) is 30.3 Å². The quantitative estimate of drug-likeness (QED) is 0.783. The van der Waals surface area contributed by atoms with Crippen LogP contribution in [-0.2, 0) is 4.79 Å². The van der Waals surface area contributed by atoms with Crippen LogP contribution in [0.3, 0.4) is 0 Å². The van der Waals surface area contributed by atoms with Gasteiger partial charge in [-0.15, -0.1) is 0 Å². The molecule has 1 aliphatic rings. The first-order chi connectivity index (χ1) is 9.15. The van der Waals surface area contributed by atoms with Crippen LogP contribution < -0.4 is 10.6 Å². The summed E-state index contributed by atoms with van der Waals surface area (Å²) in [4.78, 5) is 22.7. The van der Waals surface area contributed by atoms with Gasteiger partial charge in [0.25, 0.3) is 0 Å². The first kappa shape index (κ1) is 13.4. The molecule has 5 nitrogen and oxygen atoms in total. The highest BCUT2D eigenvalue weighted by Gasteiger charge is 2.27. The van der Waals surface area contributed by atoms with E-state index < -0.39 is 5.97 Å². The lowest BCUT2D eigenvalue weighted by molar-refractivity contribution is -0.143. The number of benzene rings is 1. The predicted octanol–water partition coefficient (Wildman–Crippen LogP) is 2.45. The molecule has 0 aliphatic heterocycles. The zero-order chi connectivity index (χ0) is 13.7. The molecule has 0 spiro atoms. The number of anilines is 1. The van der Waals surface area contributed by atoms with E-state index in [1.54, 1.807) is 12.1 Å². The van der Waals surface area contributed by atoms with Crippen molar-refractivity contribution in [1.29, 1.82) is 0 Å². The molecule has 0 radical (unpaired) electrons. The fraction of sp³-hybridized carbons (Fsp3) is 0.429. The van der Waals surface area contributed by atoms with Crippen LogP contribution in [0.1, 0.15) is 25.7 Å². The predicted molar refractivity (Wildman–Crippen MR) is 72.0 cm³/mol. The minimum Gasteiger partial charge on any atom is -0.481 e. The van der Waals surface area contributed by atoms with E-state index in [1.807, 2.05) is 18.2 Å². The van der Waals surface area contributed by atoms with Crippen molar-refractivity contribution in [3.8, 4) is 0 Å². The number of hydrogen-bond donors (Lipinski definition) is 3. The van der Waals surface area contributed by atoms with E-state index in [1.165, 1.54) is 0 Å². The zero-order valence-corrected chi connectivity index (χ0v) is 10.6. The monoisotopic (exact) mass is 262 g/mol. The van der Waals surface area contributed by atoms with Gasteiger partial charge in [0, 0.05) is 11.7 Å². The summed E-state index contributed by atoms with van der Waals surface area (Å²) in [5, 5.41) is 14.6. The Hall–Kier alpha value is -2.04. The lowest BCUT2D eigenvalue weighted by atomic mass is 9.86. The van der Waals surface area contributed by atoms with Gasteiger partial charge < -0.3 is 15.7 Å². The van der Waals surface area contributed by atoms with E-state index in [-0.39, 0.29) is 18.0 Å². The van der Waals surface area contributed by atoms with Gasteiger partial charge in [-0.25, -0.2) is 4.79 Å². The van der Waals surface area contributed by atoms with Crippen LogP contribution in [0.25, 0.3) is 0 Å². The third-order valence-corrected chi connectivity index (χ3v) is 3.39. The van der Waals surface area contributed by atoms with Gasteiger partial charge in [-0.1, -0.05) is 24.6 Å². The summed E-state index contributed by atoms with van der Waals surface area (Å²) in [6.45, 7) is 0. The average Bonchev–Trinajstić information content (AvgIpc) is 2.40. The standard InChI is InChI=1S/C14H18N2O3/c17-13(18)10-5-4-8-12(9-10)16-14(19)15-11-6-2-1-3-7-11/h1-3,6-7,10,12H,4-5,8-9H2,(H,17,18)(H2,15,16,19). The molecule has 0 heterocycles. The molecule has 1 aromatic carbocycles. The van der Waals surface area contributed by atoms with Gasteiger partial charge in [-0.05, 0) is 31.4 Å². The van der Waals surface area contributed by atoms with E-state index in [4.69, 9.17) is 5.11 Å². The van der Waals surface area contributed by atoms with Crippen LogP contribution in [0.2, 0.25) is 0 Å². The molecule has 2 amide bonds. The summed E-state index contributed by atoms with van der Waals surface area (Å²) >= 11 is 0. The summed E-state index contributed by atoms with van der Waals surface area (Å²) in [6.07, 6.45) is 2.89. The number of rotatable bonds is 3. The van der Waals surface area contributed by atoms with E-state index in [2.05, 4.69) is 10.6 Å². The number of hydrogen-bond acceptors (Lipinski definition) is 2. The van der Waals surface area contributed by atoms with Gasteiger partial charge >= 0.3 is 12.0 Å². The fourth-order valence-electron chi connectivity index (χ4n) is 2.42. The highest BCUT2D eigenvalue weighted by Crippen LogP contribution is 2.24. The Morgan fingerprint density at radius 3 is 2.58 bits per heavy atom. The number of carbonyl (C=O) groups excluding carboxylic acids is 1. The smallest absolute Gasteiger partial charge is 0.319 e. The number of urea groups is 1. The number of para-hydroxylation sites is 1. The third-order valence-electron chi connectivity index (χ3n) is 3.39. The topological polar surface area (TPSA) is 78.4 Å². The SMILES string of the molecule is O=C(Nc1ccccc1)NC1CCCC(C(=O)O)C1. The maximum Gasteiger partial charge on any atom is 0.319 e. The van der Waals surface area contributed by atoms with Crippen molar-refractivity contribution in [3.63, 3.8) is 0 Å². The van der Waals surface area contributed by atoms with E-state index in [0.717, 1.165) is 18.5 Å². The zero-order valence-electron chi connectivity index (χ0n) is 10.6. The highest BCUT2D eigenvalue weighted by molar-refractivity contribution is 5.89. The summed E-state index contributed by atoms with van der Waals surface area (Å²) in [5.74, 6) is -1.11. The molecule has 0 saturated heterocycles. The molecule has 2 unspecified atom stereocenters. The molecular weight excluding hydrogens is 244 g/mol. The van der Waals surface area contributed by atoms with Crippen molar-refractivity contribution >= 4 is 17.7 Å². The summed E-state index contributed by atoms with van der Waals surface area (Å²) in [6, 6.07) is 8.84. The summed E-state index contributed by atoms with van der Waals surface area (Å²) in [5.41, 5.74) is 0.727. The molecular formula is C14H18N2O3. The second-order valence-electron chi connectivity index (χ2n) is 4.86. The molecule has 1 aliphatic carbocycles. The molecule has 2 rings (SSSR count). The average molecular weight is 262 g/mol. The molecule has 102 valence electrons. The van der Waals surface area contributed by atoms with Crippen LogP contribution in [0.5, 0.6) is 0 Å². The van der Waals surface area contributed by atoms with Crippen molar-refractivity contribution < 1.29 is 14.7 Å². The van der Waals surface area contributed by atoms with E-state index in [9.17, 15) is 9.59 Å². The van der Waals surface area contributed by atoms with Gasteiger partial charge in [0.15, 0.2) is 0 Å². The number of carboxylic acids is 1. The van der Waals surface area contributed by atoms with E-state index >= 15 is 0 Å². The van der Waals surface area contributed by atoms with Crippen LogP contribution >= 0.6 is 0 Å². The molecule has 0 aromatic heterocycles. The van der Waals surface area contributed by atoms with Crippen molar-refractivity contribution in [2.45, 2.75) is 31.7 Å². The highest BCUT2D eigenvalue weighted by atomic mass is 16.4. The fourth-order valence-corrected chi connectivity index (χ4v) is 2.42. The van der Waals surface area contributed by atoms with Crippen LogP contribution in [0, 0.1) is 5.92 Å². The third kappa shape index (κ3) is 3.98. The minimum absolute atomic E-state index is 0.0569. The number of amides is 2. The van der Waals surface area contributed by atoms with Crippen molar-refractivity contribution in [3.05, 3.63) is 30.3 Å². The molecule has 1 saturated carbocycles. The van der Waals surface area contributed by atoms with E-state index in [0.29, 0.717) is 12.8 Å². The van der Waals surface area contributed by atoms with Crippen molar-refractivity contribution in [1.82, 2.24) is 5.32 Å².